The number of carbonyl (C=O) groups is 1. The first-order chi connectivity index (χ1) is 13.1. The lowest BCUT2D eigenvalue weighted by molar-refractivity contribution is -0.110. The van der Waals surface area contributed by atoms with Crippen LogP contribution in [0.4, 0.5) is 0 Å². The van der Waals surface area contributed by atoms with Crippen molar-refractivity contribution < 1.29 is 24.9 Å². The molecule has 1 unspecified atom stereocenters. The van der Waals surface area contributed by atoms with Gasteiger partial charge in [-0.1, -0.05) is 32.1 Å². The zero-order valence-electron chi connectivity index (χ0n) is 16.8. The summed E-state index contributed by atoms with van der Waals surface area (Å²) < 4.78 is 5.03. The van der Waals surface area contributed by atoms with Crippen LogP contribution in [0.2, 0.25) is 0 Å². The normalized spacial score (nSPS) is 20.2. The number of hydrogen-bond acceptors (Lipinski definition) is 5. The highest BCUT2D eigenvalue weighted by Crippen LogP contribution is 2.40. The van der Waals surface area contributed by atoms with E-state index in [0.717, 1.165) is 30.1 Å². The SMILES string of the molecule is COc1cc(/C=C/C(O)=C/C(=O)/C=C/C2=C(C)C(O)CCC2(C)C)ccc1O. The van der Waals surface area contributed by atoms with Crippen LogP contribution < -0.4 is 4.74 Å². The van der Waals surface area contributed by atoms with Gasteiger partial charge in [0.2, 0.25) is 0 Å². The summed E-state index contributed by atoms with van der Waals surface area (Å²) in [5, 5.41) is 29.6. The van der Waals surface area contributed by atoms with E-state index >= 15 is 0 Å². The first-order valence-electron chi connectivity index (χ1n) is 9.21. The number of phenols is 1. The van der Waals surface area contributed by atoms with E-state index in [2.05, 4.69) is 13.8 Å². The molecule has 150 valence electrons. The van der Waals surface area contributed by atoms with Crippen LogP contribution in [0.15, 0.2) is 59.4 Å². The molecule has 2 rings (SSSR count). The number of aliphatic hydroxyl groups excluding tert-OH is 2. The van der Waals surface area contributed by atoms with E-state index in [9.17, 15) is 20.1 Å². The molecule has 1 atom stereocenters. The molecule has 28 heavy (non-hydrogen) atoms. The Labute approximate surface area is 166 Å². The van der Waals surface area contributed by atoms with Crippen molar-refractivity contribution in [2.24, 2.45) is 5.41 Å². The Hall–Kier alpha value is -2.79. The molecule has 5 heteroatoms. The molecule has 1 aromatic carbocycles. The maximum atomic E-state index is 12.2. The second-order valence-electron chi connectivity index (χ2n) is 7.60. The number of ether oxygens (including phenoxy) is 1. The summed E-state index contributed by atoms with van der Waals surface area (Å²) in [5.41, 5.74) is 2.44. The Bertz CT molecular complexity index is 856. The third-order valence-electron chi connectivity index (χ3n) is 5.05. The van der Waals surface area contributed by atoms with Gasteiger partial charge in [0.15, 0.2) is 17.3 Å². The number of ketones is 1. The topological polar surface area (TPSA) is 87.0 Å². The van der Waals surface area contributed by atoms with E-state index in [1.54, 1.807) is 24.3 Å². The maximum Gasteiger partial charge on any atom is 0.182 e. The number of carbonyl (C=O) groups excluding carboxylic acids is 1. The van der Waals surface area contributed by atoms with Crippen molar-refractivity contribution in [3.05, 3.63) is 65.0 Å². The lowest BCUT2D eigenvalue weighted by Crippen LogP contribution is -2.27. The van der Waals surface area contributed by atoms with Gasteiger partial charge in [-0.3, -0.25) is 4.79 Å². The minimum atomic E-state index is -0.475. The first kappa shape index (κ1) is 21.5. The molecule has 1 aliphatic carbocycles. The van der Waals surface area contributed by atoms with Crippen molar-refractivity contribution in [1.82, 2.24) is 0 Å². The fourth-order valence-corrected chi connectivity index (χ4v) is 3.31. The van der Waals surface area contributed by atoms with Gasteiger partial charge in [0.25, 0.3) is 0 Å². The first-order valence-corrected chi connectivity index (χ1v) is 9.21. The van der Waals surface area contributed by atoms with Crippen LogP contribution in [-0.4, -0.2) is 34.3 Å². The second-order valence-corrected chi connectivity index (χ2v) is 7.60. The molecule has 0 aliphatic heterocycles. The smallest absolute Gasteiger partial charge is 0.182 e. The third-order valence-corrected chi connectivity index (χ3v) is 5.05. The standard InChI is InChI=1S/C23H28O5/c1-15-19(23(2,3)12-11-20(15)26)9-8-18(25)14-17(24)7-5-16-6-10-21(27)22(13-16)28-4/h5-10,13-14,20,24,26-27H,11-12H2,1-4H3/b7-5+,9-8+,17-14-. The van der Waals surface area contributed by atoms with Gasteiger partial charge in [-0.05, 0) is 66.2 Å². The van der Waals surface area contributed by atoms with Gasteiger partial charge in [0.1, 0.15) is 5.76 Å². The van der Waals surface area contributed by atoms with Crippen molar-refractivity contribution in [3.8, 4) is 11.5 Å². The fourth-order valence-electron chi connectivity index (χ4n) is 3.31. The average molecular weight is 384 g/mol. The molecule has 1 aromatic rings. The molecular formula is C23H28O5. The second kappa shape index (κ2) is 8.93. The Morgan fingerprint density at radius 2 is 1.96 bits per heavy atom. The number of methoxy groups -OCH3 is 1. The molecule has 3 N–H and O–H groups in total. The molecule has 5 nitrogen and oxygen atoms in total. The van der Waals surface area contributed by atoms with Crippen LogP contribution in [-0.2, 0) is 4.79 Å². The Balaban J connectivity index is 2.11. The van der Waals surface area contributed by atoms with Crippen LogP contribution >= 0.6 is 0 Å². The largest absolute Gasteiger partial charge is 0.508 e. The van der Waals surface area contributed by atoms with Gasteiger partial charge in [0, 0.05) is 6.08 Å². The van der Waals surface area contributed by atoms with Crippen molar-refractivity contribution in [2.45, 2.75) is 39.7 Å². The minimum Gasteiger partial charge on any atom is -0.508 e. The molecule has 0 saturated carbocycles. The van der Waals surface area contributed by atoms with Crippen molar-refractivity contribution >= 4 is 11.9 Å². The predicted octanol–water partition coefficient (Wildman–Crippen LogP) is 4.48. The average Bonchev–Trinajstić information content (AvgIpc) is 2.64. The highest BCUT2D eigenvalue weighted by molar-refractivity contribution is 6.00. The summed E-state index contributed by atoms with van der Waals surface area (Å²) in [7, 11) is 1.45. The van der Waals surface area contributed by atoms with E-state index in [-0.39, 0.29) is 22.7 Å². The van der Waals surface area contributed by atoms with Gasteiger partial charge in [-0.25, -0.2) is 0 Å². The summed E-state index contributed by atoms with van der Waals surface area (Å²) in [5.74, 6) is -0.178. The van der Waals surface area contributed by atoms with Crippen molar-refractivity contribution in [3.63, 3.8) is 0 Å². The van der Waals surface area contributed by atoms with Crippen molar-refractivity contribution in [1.29, 1.82) is 0 Å². The summed E-state index contributed by atoms with van der Waals surface area (Å²) in [6.45, 7) is 6.07. The molecular weight excluding hydrogens is 356 g/mol. The molecule has 0 spiro atoms. The number of aliphatic hydroxyl groups is 2. The van der Waals surface area contributed by atoms with E-state index < -0.39 is 6.10 Å². The van der Waals surface area contributed by atoms with E-state index in [4.69, 9.17) is 4.74 Å². The van der Waals surface area contributed by atoms with Gasteiger partial charge in [-0.2, -0.15) is 0 Å². The van der Waals surface area contributed by atoms with Crippen LogP contribution in [0.1, 0.15) is 39.2 Å². The van der Waals surface area contributed by atoms with Crippen molar-refractivity contribution in [2.75, 3.05) is 7.11 Å². The monoisotopic (exact) mass is 384 g/mol. The number of allylic oxidation sites excluding steroid dienone is 5. The number of phenolic OH excluding ortho intramolecular Hbond substituents is 1. The summed E-state index contributed by atoms with van der Waals surface area (Å²) in [6, 6.07) is 4.77. The lowest BCUT2D eigenvalue weighted by atomic mass is 9.71. The summed E-state index contributed by atoms with van der Waals surface area (Å²) in [4.78, 5) is 12.2. The van der Waals surface area contributed by atoms with Gasteiger partial charge in [0.05, 0.1) is 13.2 Å². The molecule has 0 bridgehead atoms. The van der Waals surface area contributed by atoms with Crippen LogP contribution in [0.5, 0.6) is 11.5 Å². The van der Waals surface area contributed by atoms with Gasteiger partial charge in [-0.15, -0.1) is 0 Å². The zero-order chi connectivity index (χ0) is 20.9. The molecule has 0 saturated heterocycles. The Kier molecular flexibility index (Phi) is 6.86. The van der Waals surface area contributed by atoms with E-state index in [1.807, 2.05) is 6.92 Å². The molecule has 0 amide bonds. The Morgan fingerprint density at radius 1 is 1.25 bits per heavy atom. The van der Waals surface area contributed by atoms with E-state index in [0.29, 0.717) is 11.3 Å². The summed E-state index contributed by atoms with van der Waals surface area (Å²) >= 11 is 0. The van der Waals surface area contributed by atoms with Gasteiger partial charge < -0.3 is 20.1 Å². The molecule has 0 radical (unpaired) electrons. The lowest BCUT2D eigenvalue weighted by Gasteiger charge is -2.35. The molecule has 0 aromatic heterocycles. The number of hydrogen-bond donors (Lipinski definition) is 3. The minimum absolute atomic E-state index is 0.0279. The molecule has 1 aliphatic rings. The highest BCUT2D eigenvalue weighted by atomic mass is 16.5. The predicted molar refractivity (Wildman–Crippen MR) is 110 cm³/mol. The highest BCUT2D eigenvalue weighted by Gasteiger charge is 2.30. The zero-order valence-corrected chi connectivity index (χ0v) is 16.8. The van der Waals surface area contributed by atoms with Crippen LogP contribution in [0.3, 0.4) is 0 Å². The number of rotatable bonds is 6. The van der Waals surface area contributed by atoms with Crippen LogP contribution in [0, 0.1) is 5.41 Å². The fraction of sp³-hybridized carbons (Fsp3) is 0.348. The van der Waals surface area contributed by atoms with Gasteiger partial charge >= 0.3 is 0 Å². The molecule has 0 heterocycles. The quantitative estimate of drug-likeness (QED) is 0.382. The summed E-state index contributed by atoms with van der Waals surface area (Å²) in [6.07, 6.45) is 8.37. The third kappa shape index (κ3) is 5.36. The van der Waals surface area contributed by atoms with Crippen LogP contribution in [0.25, 0.3) is 6.08 Å². The molecule has 0 fully saturated rings. The number of benzene rings is 1. The maximum absolute atomic E-state index is 12.2. The van der Waals surface area contributed by atoms with E-state index in [1.165, 1.54) is 25.3 Å². The Morgan fingerprint density at radius 3 is 2.64 bits per heavy atom. The number of aromatic hydroxyl groups is 1.